The van der Waals surface area contributed by atoms with Crippen LogP contribution < -0.4 is 25.1 Å². The van der Waals surface area contributed by atoms with Crippen LogP contribution in [0.4, 0.5) is 0 Å². The van der Waals surface area contributed by atoms with Gasteiger partial charge in [-0.2, -0.15) is 5.10 Å². The summed E-state index contributed by atoms with van der Waals surface area (Å²) in [6, 6.07) is 5.18. The van der Waals surface area contributed by atoms with Gasteiger partial charge in [0.15, 0.2) is 11.5 Å². The number of hydrogen-bond donors (Lipinski definition) is 1. The summed E-state index contributed by atoms with van der Waals surface area (Å²) in [7, 11) is 4.61. The van der Waals surface area contributed by atoms with Crippen LogP contribution in [0.2, 0.25) is 0 Å². The van der Waals surface area contributed by atoms with Crippen molar-refractivity contribution in [2.75, 3.05) is 27.9 Å². The predicted molar refractivity (Wildman–Crippen MR) is 113 cm³/mol. The molecule has 0 atom stereocenters. The summed E-state index contributed by atoms with van der Waals surface area (Å²) in [5.74, 6) is 1.24. The topological polar surface area (TPSA) is 91.7 Å². The van der Waals surface area contributed by atoms with Gasteiger partial charge in [0.2, 0.25) is 11.7 Å². The van der Waals surface area contributed by atoms with Gasteiger partial charge in [0.25, 0.3) is 5.56 Å². The van der Waals surface area contributed by atoms with Crippen molar-refractivity contribution >= 4 is 12.0 Å². The molecule has 0 radical (unpaired) electrons. The van der Waals surface area contributed by atoms with Gasteiger partial charge in [0, 0.05) is 18.7 Å². The van der Waals surface area contributed by atoms with Crippen LogP contribution in [-0.2, 0) is 24.2 Å². The first-order valence-corrected chi connectivity index (χ1v) is 9.91. The molecule has 1 aromatic heterocycles. The van der Waals surface area contributed by atoms with Crippen molar-refractivity contribution in [3.8, 4) is 17.2 Å². The van der Waals surface area contributed by atoms with E-state index in [-0.39, 0.29) is 11.5 Å². The van der Waals surface area contributed by atoms with Crippen LogP contribution in [0.1, 0.15) is 29.7 Å². The fraction of sp³-hybridized carbons (Fsp3) is 0.409. The van der Waals surface area contributed by atoms with Crippen molar-refractivity contribution in [2.24, 2.45) is 0 Å². The van der Waals surface area contributed by atoms with Crippen LogP contribution in [-0.4, -0.2) is 43.6 Å². The van der Waals surface area contributed by atoms with Gasteiger partial charge in [-0.3, -0.25) is 9.59 Å². The van der Waals surface area contributed by atoms with Crippen LogP contribution in [0, 0.1) is 0 Å². The minimum Gasteiger partial charge on any atom is -0.493 e. The molecule has 0 saturated carbocycles. The highest BCUT2D eigenvalue weighted by atomic mass is 16.5. The van der Waals surface area contributed by atoms with Gasteiger partial charge in [-0.25, -0.2) is 4.68 Å². The Balaban J connectivity index is 1.60. The molecule has 0 spiro atoms. The van der Waals surface area contributed by atoms with Crippen LogP contribution in [0.25, 0.3) is 6.08 Å². The van der Waals surface area contributed by atoms with E-state index in [1.165, 1.54) is 32.1 Å². The number of methoxy groups -OCH3 is 3. The zero-order valence-corrected chi connectivity index (χ0v) is 17.6. The Morgan fingerprint density at radius 3 is 2.47 bits per heavy atom. The van der Waals surface area contributed by atoms with Crippen molar-refractivity contribution in [3.05, 3.63) is 51.4 Å². The molecule has 0 bridgehead atoms. The van der Waals surface area contributed by atoms with Crippen LogP contribution in [0.3, 0.4) is 0 Å². The van der Waals surface area contributed by atoms with E-state index in [1.807, 2.05) is 0 Å². The smallest absolute Gasteiger partial charge is 0.267 e. The minimum absolute atomic E-state index is 0.127. The quantitative estimate of drug-likeness (QED) is 0.666. The molecule has 0 unspecified atom stereocenters. The molecule has 2 aromatic rings. The van der Waals surface area contributed by atoms with Gasteiger partial charge < -0.3 is 19.5 Å². The Hall–Kier alpha value is -3.29. The van der Waals surface area contributed by atoms with Gasteiger partial charge in [0.1, 0.15) is 0 Å². The number of aryl methyl sites for hydroxylation is 2. The summed E-state index contributed by atoms with van der Waals surface area (Å²) in [5, 5.41) is 7.23. The van der Waals surface area contributed by atoms with E-state index >= 15 is 0 Å². The summed E-state index contributed by atoms with van der Waals surface area (Å²) in [6.45, 7) is 0.639. The molecule has 1 aliphatic carbocycles. The Kier molecular flexibility index (Phi) is 7.11. The predicted octanol–water partition coefficient (Wildman–Crippen LogP) is 1.98. The highest BCUT2D eigenvalue weighted by Crippen LogP contribution is 2.38. The molecule has 0 aliphatic heterocycles. The van der Waals surface area contributed by atoms with Gasteiger partial charge in [-0.15, -0.1) is 0 Å². The molecule has 8 nitrogen and oxygen atoms in total. The number of carbonyl (C=O) groups excluding carboxylic acids is 1. The number of aromatic nitrogens is 2. The Morgan fingerprint density at radius 1 is 1.10 bits per heavy atom. The third-order valence-electron chi connectivity index (χ3n) is 5.01. The van der Waals surface area contributed by atoms with Gasteiger partial charge in [-0.1, -0.05) is 0 Å². The number of benzene rings is 1. The third-order valence-corrected chi connectivity index (χ3v) is 5.01. The first kappa shape index (κ1) is 21.4. The van der Waals surface area contributed by atoms with Crippen molar-refractivity contribution in [2.45, 2.75) is 32.2 Å². The molecule has 1 aliphatic rings. The molecule has 1 N–H and O–H groups in total. The standard InChI is InChI=1S/C22H27N3O5/c1-28-18-12-15(13-19(29-2)22(18)30-3)8-9-20(26)23-10-11-25-21(27)14-16-6-4-5-7-17(16)24-25/h8-9,12-14H,4-7,10-11H2,1-3H3,(H,23,26)/b9-8+. The van der Waals surface area contributed by atoms with E-state index < -0.39 is 0 Å². The lowest BCUT2D eigenvalue weighted by atomic mass is 9.97. The molecule has 30 heavy (non-hydrogen) atoms. The zero-order chi connectivity index (χ0) is 21.5. The lowest BCUT2D eigenvalue weighted by molar-refractivity contribution is -0.116. The molecule has 1 aromatic carbocycles. The van der Waals surface area contributed by atoms with Gasteiger partial charge in [-0.05, 0) is 55.0 Å². The number of nitrogens with one attached hydrogen (secondary N) is 1. The van der Waals surface area contributed by atoms with Crippen molar-refractivity contribution in [1.82, 2.24) is 15.1 Å². The van der Waals surface area contributed by atoms with Crippen LogP contribution in [0.15, 0.2) is 29.1 Å². The van der Waals surface area contributed by atoms with E-state index in [4.69, 9.17) is 14.2 Å². The van der Waals surface area contributed by atoms with E-state index in [2.05, 4.69) is 10.4 Å². The summed E-state index contributed by atoms with van der Waals surface area (Å²) >= 11 is 0. The summed E-state index contributed by atoms with van der Waals surface area (Å²) < 4.78 is 17.3. The Labute approximate surface area is 175 Å². The number of amides is 1. The largest absolute Gasteiger partial charge is 0.493 e. The molecule has 1 amide bonds. The second kappa shape index (κ2) is 9.96. The third kappa shape index (κ3) is 5.00. The van der Waals surface area contributed by atoms with Crippen molar-refractivity contribution in [1.29, 1.82) is 0 Å². The van der Waals surface area contributed by atoms with Crippen molar-refractivity contribution in [3.63, 3.8) is 0 Å². The minimum atomic E-state index is -0.269. The van der Waals surface area contributed by atoms with E-state index in [0.717, 1.165) is 42.5 Å². The summed E-state index contributed by atoms with van der Waals surface area (Å²) in [5.41, 5.74) is 2.65. The Morgan fingerprint density at radius 2 is 1.80 bits per heavy atom. The molecule has 0 saturated heterocycles. The molecule has 1 heterocycles. The maximum atomic E-state index is 12.2. The molecule has 8 heteroatoms. The molecule has 160 valence electrons. The molecule has 0 fully saturated rings. The number of ether oxygens (including phenoxy) is 3. The molecular formula is C22H27N3O5. The second-order valence-corrected chi connectivity index (χ2v) is 6.97. The first-order valence-electron chi connectivity index (χ1n) is 9.91. The summed E-state index contributed by atoms with van der Waals surface area (Å²) in [4.78, 5) is 24.4. The van der Waals surface area contributed by atoms with Gasteiger partial charge in [0.05, 0.1) is 33.6 Å². The maximum Gasteiger partial charge on any atom is 0.267 e. The lowest BCUT2D eigenvalue weighted by Gasteiger charge is -2.15. The highest BCUT2D eigenvalue weighted by molar-refractivity contribution is 5.91. The van der Waals surface area contributed by atoms with Crippen molar-refractivity contribution < 1.29 is 19.0 Å². The maximum absolute atomic E-state index is 12.2. The average Bonchev–Trinajstić information content (AvgIpc) is 2.77. The number of carbonyl (C=O) groups is 1. The summed E-state index contributed by atoms with van der Waals surface area (Å²) in [6.07, 6.45) is 7.10. The number of rotatable bonds is 8. The zero-order valence-electron chi connectivity index (χ0n) is 17.6. The highest BCUT2D eigenvalue weighted by Gasteiger charge is 2.14. The fourth-order valence-corrected chi connectivity index (χ4v) is 3.47. The SMILES string of the molecule is COc1cc(/C=C/C(=O)NCCn2nc3c(cc2=O)CCCC3)cc(OC)c1OC. The van der Waals surface area contributed by atoms with E-state index in [0.29, 0.717) is 30.3 Å². The van der Waals surface area contributed by atoms with Crippen LogP contribution in [0.5, 0.6) is 17.2 Å². The Bertz CT molecular complexity index is 972. The second-order valence-electron chi connectivity index (χ2n) is 6.97. The van der Waals surface area contributed by atoms with Crippen LogP contribution >= 0.6 is 0 Å². The molecular weight excluding hydrogens is 386 g/mol. The van der Waals surface area contributed by atoms with Gasteiger partial charge >= 0.3 is 0 Å². The number of hydrogen-bond acceptors (Lipinski definition) is 6. The normalized spacial score (nSPS) is 13.0. The van der Waals surface area contributed by atoms with E-state index in [1.54, 1.807) is 24.3 Å². The fourth-order valence-electron chi connectivity index (χ4n) is 3.47. The number of nitrogens with zero attached hydrogens (tertiary/aromatic N) is 2. The monoisotopic (exact) mass is 413 g/mol. The average molecular weight is 413 g/mol. The first-order chi connectivity index (χ1) is 14.5. The molecule has 3 rings (SSSR count). The lowest BCUT2D eigenvalue weighted by Crippen LogP contribution is -2.32. The van der Waals surface area contributed by atoms with E-state index in [9.17, 15) is 9.59 Å². The number of fused-ring (bicyclic) bond motifs is 1.